The second kappa shape index (κ2) is 15.8. The smallest absolute Gasteiger partial charge is 0.351 e. The molecule has 0 spiro atoms. The van der Waals surface area contributed by atoms with E-state index in [0.717, 1.165) is 13.8 Å². The average molecular weight is 661 g/mol. The van der Waals surface area contributed by atoms with Crippen LogP contribution in [-0.2, 0) is 33.3 Å². The Labute approximate surface area is 270 Å². The Morgan fingerprint density at radius 1 is 1.11 bits per heavy atom. The molecule has 2 saturated heterocycles. The van der Waals surface area contributed by atoms with Crippen LogP contribution in [0.5, 0.6) is 0 Å². The predicted molar refractivity (Wildman–Crippen MR) is 164 cm³/mol. The highest BCUT2D eigenvalue weighted by Gasteiger charge is 2.56. The van der Waals surface area contributed by atoms with Crippen molar-refractivity contribution in [2.24, 2.45) is 22.9 Å². The number of Topliss-reactive ketones (excluding diaryl/α,β-unsaturated/α-hetero) is 2. The topological polar surface area (TPSA) is 201 Å². The molecule has 3 N–H and O–H groups in total. The summed E-state index contributed by atoms with van der Waals surface area (Å²) < 4.78 is 40.0. The molecule has 2 heterocycles. The van der Waals surface area contributed by atoms with Crippen LogP contribution in [-0.4, -0.2) is 125 Å². The third kappa shape index (κ3) is 8.62. The molecule has 0 unspecified atom stereocenters. The molecule has 13 atom stereocenters. The number of rotatable bonds is 8. The van der Waals surface area contributed by atoms with E-state index in [1.54, 1.807) is 34.9 Å². The lowest BCUT2D eigenvalue weighted by molar-refractivity contribution is -0.295. The van der Waals surface area contributed by atoms with Crippen LogP contribution in [0.4, 0.5) is 4.39 Å². The Kier molecular flexibility index (Phi) is 13.7. The summed E-state index contributed by atoms with van der Waals surface area (Å²) in [6, 6.07) is -0.375. The lowest BCUT2D eigenvalue weighted by atomic mass is 9.74. The zero-order valence-electron chi connectivity index (χ0n) is 28.7. The number of ketones is 2. The van der Waals surface area contributed by atoms with Crippen molar-refractivity contribution >= 4 is 17.5 Å². The number of carbonyl (C=O) groups excluding carboxylic acids is 3. The predicted octanol–water partition coefficient (Wildman–Crippen LogP) is 2.50. The van der Waals surface area contributed by atoms with Gasteiger partial charge in [-0.2, -0.15) is 0 Å². The van der Waals surface area contributed by atoms with Gasteiger partial charge in [-0.3, -0.25) is 9.59 Å². The van der Waals surface area contributed by atoms with Crippen molar-refractivity contribution in [1.29, 1.82) is 0 Å². The van der Waals surface area contributed by atoms with Crippen LogP contribution in [0.25, 0.3) is 10.4 Å². The number of esters is 1. The number of aliphatic hydroxyl groups excluding tert-OH is 2. The number of azide groups is 1. The Bertz CT molecular complexity index is 1130. The quantitative estimate of drug-likeness (QED) is 0.0863. The van der Waals surface area contributed by atoms with Crippen molar-refractivity contribution in [1.82, 2.24) is 4.90 Å². The minimum absolute atomic E-state index is 0.0535. The first kappa shape index (κ1) is 39.9. The SMILES string of the molecule is CO[C@]1(C)C[C@@H](C)C(=O)[C@H](C)[C@@H](O)[C@](C)(O)[C@@H](CCCN=[N+]=[N-])OC(=O)[C@@](C)(F)C(=O)[C@H](C)[C@H]1O[C@@H]1O[C@H](C)C[C@H](N(C)C)[C@H]1O. The molecule has 264 valence electrons. The summed E-state index contributed by atoms with van der Waals surface area (Å²) >= 11 is 0. The first-order valence-electron chi connectivity index (χ1n) is 15.8. The molecule has 2 aliphatic rings. The molecule has 0 aliphatic carbocycles. The minimum Gasteiger partial charge on any atom is -0.457 e. The molecule has 0 bridgehead atoms. The normalized spacial score (nSPS) is 43.5. The minimum atomic E-state index is -3.26. The highest BCUT2D eigenvalue weighted by atomic mass is 19.1. The van der Waals surface area contributed by atoms with E-state index in [0.29, 0.717) is 6.42 Å². The number of nitrogens with zero attached hydrogens (tertiary/aromatic N) is 4. The van der Waals surface area contributed by atoms with Gasteiger partial charge in [0.15, 0.2) is 12.1 Å². The summed E-state index contributed by atoms with van der Waals surface area (Å²) in [4.78, 5) is 45.5. The zero-order chi connectivity index (χ0) is 35.4. The lowest BCUT2D eigenvalue weighted by Gasteiger charge is -2.47. The van der Waals surface area contributed by atoms with Crippen molar-refractivity contribution in [3.8, 4) is 0 Å². The maximum atomic E-state index is 16.4. The highest BCUT2D eigenvalue weighted by Crippen LogP contribution is 2.39. The van der Waals surface area contributed by atoms with Crippen LogP contribution in [0.1, 0.15) is 74.1 Å². The monoisotopic (exact) mass is 660 g/mol. The van der Waals surface area contributed by atoms with Crippen molar-refractivity contribution in [2.45, 2.75) is 134 Å². The number of halogens is 1. The van der Waals surface area contributed by atoms with E-state index < -0.39 is 82.9 Å². The van der Waals surface area contributed by atoms with Crippen molar-refractivity contribution < 1.29 is 53.0 Å². The molecule has 2 fully saturated rings. The van der Waals surface area contributed by atoms with Gasteiger partial charge in [-0.25, -0.2) is 9.18 Å². The van der Waals surface area contributed by atoms with E-state index in [4.69, 9.17) is 24.5 Å². The number of aliphatic hydroxyl groups is 3. The van der Waals surface area contributed by atoms with E-state index in [2.05, 4.69) is 10.0 Å². The summed E-state index contributed by atoms with van der Waals surface area (Å²) in [5, 5.41) is 37.3. The molecule has 0 aromatic rings. The van der Waals surface area contributed by atoms with Gasteiger partial charge in [-0.1, -0.05) is 25.9 Å². The third-order valence-electron chi connectivity index (χ3n) is 9.75. The standard InChI is InChI=1S/C31H53FN4O10/c1-16-15-29(5,43-10)26(46-27-23(38)20(36(8)9)14-17(2)44-27)19(4)24(39)30(6,32)28(41)45-21(12-11-13-34-35-33)31(7,42)25(40)18(3)22(16)37/h16-21,23,25-27,38,40,42H,11-15H2,1-10H3/t16-,17-,18+,19+,20+,21-,23-,25-,26-,27+,29-,30+,31-/m1/s1. The molecule has 14 nitrogen and oxygen atoms in total. The molecule has 0 aromatic carbocycles. The number of cyclic esters (lactones) is 1. The zero-order valence-corrected chi connectivity index (χ0v) is 28.7. The first-order chi connectivity index (χ1) is 21.2. The van der Waals surface area contributed by atoms with Gasteiger partial charge < -0.3 is 39.2 Å². The Balaban J connectivity index is 2.67. The number of carbonyl (C=O) groups is 3. The van der Waals surface area contributed by atoms with Crippen LogP contribution in [0.15, 0.2) is 5.11 Å². The molecule has 2 rings (SSSR count). The lowest BCUT2D eigenvalue weighted by Crippen LogP contribution is -2.61. The second-order valence-corrected chi connectivity index (χ2v) is 13.8. The van der Waals surface area contributed by atoms with Crippen LogP contribution < -0.4 is 0 Å². The summed E-state index contributed by atoms with van der Waals surface area (Å²) in [7, 11) is 4.92. The van der Waals surface area contributed by atoms with Gasteiger partial charge in [-0.15, -0.1) is 0 Å². The highest BCUT2D eigenvalue weighted by molar-refractivity contribution is 6.07. The van der Waals surface area contributed by atoms with Crippen molar-refractivity contribution in [2.75, 3.05) is 27.7 Å². The number of hydrogen-bond donors (Lipinski definition) is 3. The van der Waals surface area contributed by atoms with Crippen LogP contribution in [0, 0.1) is 17.8 Å². The Hall–Kier alpha value is -2.23. The molecule has 0 radical (unpaired) electrons. The first-order valence-corrected chi connectivity index (χ1v) is 15.8. The summed E-state index contributed by atoms with van der Waals surface area (Å²) in [5.74, 6) is -6.75. The molecule has 15 heteroatoms. The van der Waals surface area contributed by atoms with E-state index in [-0.39, 0.29) is 38.0 Å². The van der Waals surface area contributed by atoms with Gasteiger partial charge in [0.1, 0.15) is 23.6 Å². The molecule has 46 heavy (non-hydrogen) atoms. The fourth-order valence-corrected chi connectivity index (χ4v) is 6.68. The number of likely N-dealkylation sites (N-methyl/N-ethyl adjacent to an activating group) is 1. The second-order valence-electron chi connectivity index (χ2n) is 13.8. The number of hydrogen-bond acceptors (Lipinski definition) is 12. The number of methoxy groups -OCH3 is 1. The average Bonchev–Trinajstić information content (AvgIpc) is 2.99. The van der Waals surface area contributed by atoms with Gasteiger partial charge in [-0.05, 0) is 73.0 Å². The number of alkyl halides is 1. The van der Waals surface area contributed by atoms with Gasteiger partial charge >= 0.3 is 5.97 Å². The largest absolute Gasteiger partial charge is 0.457 e. The van der Waals surface area contributed by atoms with Crippen molar-refractivity contribution in [3.63, 3.8) is 0 Å². The summed E-state index contributed by atoms with van der Waals surface area (Å²) in [6.45, 7) is 9.59. The Morgan fingerprint density at radius 2 is 1.72 bits per heavy atom. The maximum Gasteiger partial charge on any atom is 0.351 e. The summed E-state index contributed by atoms with van der Waals surface area (Å²) in [6.07, 6.45) is -7.20. The number of ether oxygens (including phenoxy) is 4. The van der Waals surface area contributed by atoms with Gasteiger partial charge in [0.25, 0.3) is 5.67 Å². The van der Waals surface area contributed by atoms with E-state index >= 15 is 4.39 Å². The van der Waals surface area contributed by atoms with Gasteiger partial charge in [0.2, 0.25) is 0 Å². The molecule has 0 saturated carbocycles. The van der Waals surface area contributed by atoms with Crippen LogP contribution >= 0.6 is 0 Å². The van der Waals surface area contributed by atoms with Gasteiger partial charge in [0.05, 0.1) is 23.9 Å². The Morgan fingerprint density at radius 3 is 2.26 bits per heavy atom. The van der Waals surface area contributed by atoms with E-state index in [1.807, 2.05) is 4.90 Å². The van der Waals surface area contributed by atoms with E-state index in [1.165, 1.54) is 21.0 Å². The molecular formula is C31H53FN4O10. The van der Waals surface area contributed by atoms with Crippen LogP contribution in [0.3, 0.4) is 0 Å². The van der Waals surface area contributed by atoms with Crippen LogP contribution in [0.2, 0.25) is 0 Å². The van der Waals surface area contributed by atoms with Gasteiger partial charge in [0, 0.05) is 42.4 Å². The molecule has 2 aliphatic heterocycles. The molecular weight excluding hydrogens is 607 g/mol. The maximum absolute atomic E-state index is 16.4. The van der Waals surface area contributed by atoms with E-state index in [9.17, 15) is 29.7 Å². The fourth-order valence-electron chi connectivity index (χ4n) is 6.68. The molecule has 0 aromatic heterocycles. The third-order valence-corrected chi connectivity index (χ3v) is 9.75. The fraction of sp³-hybridized carbons (Fsp3) is 0.903. The summed E-state index contributed by atoms with van der Waals surface area (Å²) in [5.41, 5.74) is 1.61. The molecule has 0 amide bonds. The van der Waals surface area contributed by atoms with Crippen molar-refractivity contribution in [3.05, 3.63) is 10.4 Å².